The summed E-state index contributed by atoms with van der Waals surface area (Å²) in [6, 6.07) is 0. The number of hydrogen-bond donors (Lipinski definition) is 0. The Morgan fingerprint density at radius 1 is 1.31 bits per heavy atom. The molecule has 0 aromatic rings. The van der Waals surface area contributed by atoms with Gasteiger partial charge >= 0.3 is 0 Å². The van der Waals surface area contributed by atoms with Gasteiger partial charge in [0, 0.05) is 18.9 Å². The van der Waals surface area contributed by atoms with Gasteiger partial charge in [0.25, 0.3) is 0 Å². The molecular weight excluding hydrogens is 160 g/mol. The van der Waals surface area contributed by atoms with Gasteiger partial charge in [0.05, 0.1) is 5.60 Å². The summed E-state index contributed by atoms with van der Waals surface area (Å²) in [5.41, 5.74) is 2.05. The third-order valence-corrected chi connectivity index (χ3v) is 4.50. The van der Waals surface area contributed by atoms with Crippen molar-refractivity contribution in [2.45, 2.75) is 44.1 Å². The summed E-state index contributed by atoms with van der Waals surface area (Å²) in [4.78, 5) is 0. The van der Waals surface area contributed by atoms with Gasteiger partial charge in [0.1, 0.15) is 0 Å². The Hall–Kier alpha value is -0.300. The molecule has 2 saturated carbocycles. The minimum atomic E-state index is 0.298. The number of allylic oxidation sites excluding steroid dienone is 1. The van der Waals surface area contributed by atoms with Crippen molar-refractivity contribution >= 4 is 0 Å². The normalized spacial score (nSPS) is 47.6. The van der Waals surface area contributed by atoms with E-state index in [0.717, 1.165) is 11.8 Å². The zero-order valence-electron chi connectivity index (χ0n) is 8.38. The minimum absolute atomic E-state index is 0.298. The fraction of sp³-hybridized carbons (Fsp3) is 0.833. The van der Waals surface area contributed by atoms with Crippen LogP contribution >= 0.6 is 0 Å². The lowest BCUT2D eigenvalue weighted by atomic mass is 9.55. The smallest absolute Gasteiger partial charge is 0.0808 e. The van der Waals surface area contributed by atoms with Gasteiger partial charge < -0.3 is 4.74 Å². The first kappa shape index (κ1) is 8.05. The summed E-state index contributed by atoms with van der Waals surface area (Å²) >= 11 is 0. The van der Waals surface area contributed by atoms with Crippen LogP contribution in [0.25, 0.3) is 0 Å². The molecule has 2 fully saturated rings. The van der Waals surface area contributed by atoms with Crippen LogP contribution in [0, 0.1) is 11.8 Å². The van der Waals surface area contributed by atoms with Crippen molar-refractivity contribution in [3.63, 3.8) is 0 Å². The first-order valence-electron chi connectivity index (χ1n) is 5.63. The zero-order valence-corrected chi connectivity index (χ0v) is 8.38. The maximum atomic E-state index is 5.83. The molecule has 0 radical (unpaired) electrons. The van der Waals surface area contributed by atoms with Crippen LogP contribution in [0.1, 0.15) is 38.5 Å². The lowest BCUT2D eigenvalue weighted by molar-refractivity contribution is -0.119. The standard InChI is InChI=1S/C12H18O/c1-13-12-8-4-7-11(12)9-5-2-3-6-10(9)12/h5,10-11H,2-4,6-8H2,1H3/t10-,11+,12-/m0/s1. The molecule has 0 aromatic heterocycles. The molecule has 1 nitrogen and oxygen atoms in total. The van der Waals surface area contributed by atoms with Gasteiger partial charge in [-0.2, -0.15) is 0 Å². The number of fused-ring (bicyclic) bond motifs is 4. The lowest BCUT2D eigenvalue weighted by Gasteiger charge is -2.55. The molecule has 0 amide bonds. The average molecular weight is 178 g/mol. The maximum absolute atomic E-state index is 5.83. The Labute approximate surface area is 80.2 Å². The van der Waals surface area contributed by atoms with E-state index in [-0.39, 0.29) is 0 Å². The Morgan fingerprint density at radius 2 is 2.08 bits per heavy atom. The summed E-state index contributed by atoms with van der Waals surface area (Å²) in [5, 5.41) is 0. The van der Waals surface area contributed by atoms with Gasteiger partial charge in [0.2, 0.25) is 0 Å². The largest absolute Gasteiger partial charge is 0.377 e. The fourth-order valence-electron chi connectivity index (χ4n) is 3.97. The van der Waals surface area contributed by atoms with Crippen LogP contribution in [-0.4, -0.2) is 12.7 Å². The van der Waals surface area contributed by atoms with Gasteiger partial charge in [0.15, 0.2) is 0 Å². The number of ether oxygens (including phenoxy) is 1. The van der Waals surface area contributed by atoms with Crippen LogP contribution in [0.15, 0.2) is 11.6 Å². The molecule has 3 aliphatic carbocycles. The van der Waals surface area contributed by atoms with Crippen LogP contribution < -0.4 is 0 Å². The van der Waals surface area contributed by atoms with Gasteiger partial charge in [-0.1, -0.05) is 11.6 Å². The molecule has 0 heterocycles. The summed E-state index contributed by atoms with van der Waals surface area (Å²) in [7, 11) is 1.92. The van der Waals surface area contributed by atoms with E-state index in [1.165, 1.54) is 38.5 Å². The van der Waals surface area contributed by atoms with Gasteiger partial charge in [-0.15, -0.1) is 0 Å². The van der Waals surface area contributed by atoms with Gasteiger partial charge in [-0.25, -0.2) is 0 Å². The highest BCUT2D eigenvalue weighted by Gasteiger charge is 2.60. The summed E-state index contributed by atoms with van der Waals surface area (Å²) < 4.78 is 5.83. The Morgan fingerprint density at radius 3 is 2.85 bits per heavy atom. The van der Waals surface area contributed by atoms with Crippen molar-refractivity contribution in [2.75, 3.05) is 7.11 Å². The molecule has 0 unspecified atom stereocenters. The van der Waals surface area contributed by atoms with Crippen molar-refractivity contribution in [2.24, 2.45) is 11.8 Å². The predicted molar refractivity (Wildman–Crippen MR) is 52.5 cm³/mol. The lowest BCUT2D eigenvalue weighted by Crippen LogP contribution is -2.56. The van der Waals surface area contributed by atoms with Gasteiger partial charge in [-0.05, 0) is 38.5 Å². The Kier molecular flexibility index (Phi) is 1.61. The summed E-state index contributed by atoms with van der Waals surface area (Å²) in [5.74, 6) is 1.61. The molecule has 0 saturated heterocycles. The van der Waals surface area contributed by atoms with E-state index < -0.39 is 0 Å². The fourth-order valence-corrected chi connectivity index (χ4v) is 3.97. The van der Waals surface area contributed by atoms with E-state index in [4.69, 9.17) is 4.74 Å². The number of hydrogen-bond acceptors (Lipinski definition) is 1. The molecule has 0 aromatic carbocycles. The second kappa shape index (κ2) is 2.60. The zero-order chi connectivity index (χ0) is 8.89. The average Bonchev–Trinajstić information content (AvgIpc) is 2.54. The van der Waals surface area contributed by atoms with E-state index in [2.05, 4.69) is 6.08 Å². The SMILES string of the molecule is CO[C@]12CCC[C@@H]1C1=CCCC[C@@H]12. The predicted octanol–water partition coefficient (Wildman–Crippen LogP) is 2.91. The second-order valence-electron chi connectivity index (χ2n) is 4.79. The quantitative estimate of drug-likeness (QED) is 0.561. The van der Waals surface area contributed by atoms with Crippen molar-refractivity contribution in [3.8, 4) is 0 Å². The van der Waals surface area contributed by atoms with E-state index in [9.17, 15) is 0 Å². The monoisotopic (exact) mass is 178 g/mol. The van der Waals surface area contributed by atoms with Crippen LogP contribution in [-0.2, 0) is 4.74 Å². The molecule has 0 spiro atoms. The second-order valence-corrected chi connectivity index (χ2v) is 4.79. The van der Waals surface area contributed by atoms with Crippen molar-refractivity contribution in [1.82, 2.24) is 0 Å². The molecular formula is C12H18O. The minimum Gasteiger partial charge on any atom is -0.377 e. The molecule has 13 heavy (non-hydrogen) atoms. The first-order chi connectivity index (χ1) is 6.38. The molecule has 3 atom stereocenters. The van der Waals surface area contributed by atoms with Gasteiger partial charge in [-0.3, -0.25) is 0 Å². The summed E-state index contributed by atoms with van der Waals surface area (Å²) in [6.45, 7) is 0. The molecule has 0 bridgehead atoms. The van der Waals surface area contributed by atoms with Crippen LogP contribution in [0.5, 0.6) is 0 Å². The van der Waals surface area contributed by atoms with Crippen molar-refractivity contribution < 1.29 is 4.74 Å². The molecule has 0 N–H and O–H groups in total. The maximum Gasteiger partial charge on any atom is 0.0808 e. The highest BCUT2D eigenvalue weighted by Crippen LogP contribution is 2.62. The van der Waals surface area contributed by atoms with E-state index >= 15 is 0 Å². The highest BCUT2D eigenvalue weighted by atomic mass is 16.5. The molecule has 3 aliphatic rings. The third-order valence-electron chi connectivity index (χ3n) is 4.50. The molecule has 1 heteroatoms. The first-order valence-corrected chi connectivity index (χ1v) is 5.63. The van der Waals surface area contributed by atoms with Crippen LogP contribution in [0.4, 0.5) is 0 Å². The van der Waals surface area contributed by atoms with Crippen molar-refractivity contribution in [3.05, 3.63) is 11.6 Å². The Balaban J connectivity index is 1.95. The van der Waals surface area contributed by atoms with Crippen molar-refractivity contribution in [1.29, 1.82) is 0 Å². The number of methoxy groups -OCH3 is 1. The van der Waals surface area contributed by atoms with E-state index in [1.54, 1.807) is 5.57 Å². The van der Waals surface area contributed by atoms with E-state index in [1.807, 2.05) is 7.11 Å². The number of rotatable bonds is 1. The topological polar surface area (TPSA) is 9.23 Å². The van der Waals surface area contributed by atoms with Crippen LogP contribution in [0.2, 0.25) is 0 Å². The third kappa shape index (κ3) is 0.817. The highest BCUT2D eigenvalue weighted by molar-refractivity contribution is 5.34. The molecule has 3 rings (SSSR count). The summed E-state index contributed by atoms with van der Waals surface area (Å²) in [6.07, 6.45) is 10.7. The molecule has 0 aliphatic heterocycles. The molecule has 72 valence electrons. The van der Waals surface area contributed by atoms with E-state index in [0.29, 0.717) is 5.60 Å². The Bertz CT molecular complexity index is 256. The van der Waals surface area contributed by atoms with Crippen LogP contribution in [0.3, 0.4) is 0 Å².